The van der Waals surface area contributed by atoms with Gasteiger partial charge in [0, 0.05) is 29.5 Å². The first kappa shape index (κ1) is 18.8. The minimum atomic E-state index is 0.414. The van der Waals surface area contributed by atoms with E-state index in [1.54, 1.807) is 0 Å². The molecular formula is C22H26ClN5O. The SMILES string of the molecule is CCN1Cc2cc(Cl)ccc2-n2c(nnc2[C@H]2CC[C@H](c3cc(C)on3)CC2)C1. The zero-order valence-electron chi connectivity index (χ0n) is 16.9. The molecule has 7 heteroatoms. The molecule has 1 aliphatic heterocycles. The van der Waals surface area contributed by atoms with Gasteiger partial charge in [0.2, 0.25) is 0 Å². The Bertz CT molecular complexity index is 1020. The van der Waals surface area contributed by atoms with Crippen LogP contribution in [0.1, 0.15) is 73.1 Å². The molecule has 0 unspecified atom stereocenters. The lowest BCUT2D eigenvalue weighted by Gasteiger charge is -2.27. The van der Waals surface area contributed by atoms with Gasteiger partial charge in [0.05, 0.1) is 17.9 Å². The van der Waals surface area contributed by atoms with Crippen LogP contribution in [0.25, 0.3) is 5.69 Å². The molecule has 3 aromatic rings. The summed E-state index contributed by atoms with van der Waals surface area (Å²) in [4.78, 5) is 2.39. The van der Waals surface area contributed by atoms with E-state index in [2.05, 4.69) is 49.9 Å². The molecule has 1 aromatic carbocycles. The topological polar surface area (TPSA) is 60.0 Å². The van der Waals surface area contributed by atoms with Crippen molar-refractivity contribution >= 4 is 11.6 Å². The molecule has 2 aromatic heterocycles. The normalized spacial score (nSPS) is 22.2. The van der Waals surface area contributed by atoms with Crippen LogP contribution in [0.15, 0.2) is 28.8 Å². The van der Waals surface area contributed by atoms with E-state index in [-0.39, 0.29) is 0 Å². The Morgan fingerprint density at radius 3 is 2.59 bits per heavy atom. The number of hydrogen-bond acceptors (Lipinski definition) is 5. The van der Waals surface area contributed by atoms with Crippen LogP contribution in [0, 0.1) is 6.92 Å². The van der Waals surface area contributed by atoms with Crippen LogP contribution in [-0.4, -0.2) is 31.4 Å². The van der Waals surface area contributed by atoms with Gasteiger partial charge in [0.15, 0.2) is 5.82 Å². The van der Waals surface area contributed by atoms with Crippen LogP contribution < -0.4 is 0 Å². The highest BCUT2D eigenvalue weighted by Crippen LogP contribution is 2.41. The average molecular weight is 412 g/mol. The number of aromatic nitrogens is 4. The molecule has 6 nitrogen and oxygen atoms in total. The summed E-state index contributed by atoms with van der Waals surface area (Å²) in [5.41, 5.74) is 3.51. The van der Waals surface area contributed by atoms with E-state index in [1.807, 2.05) is 13.0 Å². The maximum Gasteiger partial charge on any atom is 0.151 e. The highest BCUT2D eigenvalue weighted by atomic mass is 35.5. The van der Waals surface area contributed by atoms with Crippen molar-refractivity contribution in [2.75, 3.05) is 6.54 Å². The lowest BCUT2D eigenvalue weighted by Crippen LogP contribution is -2.21. The van der Waals surface area contributed by atoms with Gasteiger partial charge in [0.25, 0.3) is 0 Å². The van der Waals surface area contributed by atoms with E-state index in [9.17, 15) is 0 Å². The monoisotopic (exact) mass is 411 g/mol. The molecule has 29 heavy (non-hydrogen) atoms. The van der Waals surface area contributed by atoms with E-state index in [1.165, 1.54) is 11.3 Å². The zero-order valence-corrected chi connectivity index (χ0v) is 17.7. The summed E-state index contributed by atoms with van der Waals surface area (Å²) in [7, 11) is 0. The second kappa shape index (κ2) is 7.58. The van der Waals surface area contributed by atoms with Crippen molar-refractivity contribution in [1.29, 1.82) is 0 Å². The first-order valence-corrected chi connectivity index (χ1v) is 10.9. The number of fused-ring (bicyclic) bond motifs is 3. The molecule has 0 N–H and O–H groups in total. The standard InChI is InChI=1S/C22H26ClN5O/c1-3-27-12-17-11-18(23)8-9-20(17)28-21(13-27)24-25-22(28)16-6-4-15(5-7-16)19-10-14(2)29-26-19/h8-11,15-16H,3-7,12-13H2,1-2H3/t15-,16-. The molecule has 0 saturated heterocycles. The summed E-state index contributed by atoms with van der Waals surface area (Å²) in [5, 5.41) is 14.3. The molecule has 0 radical (unpaired) electrons. The predicted octanol–water partition coefficient (Wildman–Crippen LogP) is 4.99. The summed E-state index contributed by atoms with van der Waals surface area (Å²) in [6.07, 6.45) is 4.39. The molecule has 5 rings (SSSR count). The second-order valence-electron chi connectivity index (χ2n) is 8.30. The fourth-order valence-corrected chi connectivity index (χ4v) is 5.00. The molecule has 0 amide bonds. The Morgan fingerprint density at radius 2 is 1.86 bits per heavy atom. The maximum absolute atomic E-state index is 6.31. The summed E-state index contributed by atoms with van der Waals surface area (Å²) >= 11 is 6.31. The van der Waals surface area contributed by atoms with Crippen LogP contribution in [0.3, 0.4) is 0 Å². The average Bonchev–Trinajstić information content (AvgIpc) is 3.31. The van der Waals surface area contributed by atoms with E-state index >= 15 is 0 Å². The maximum atomic E-state index is 6.31. The van der Waals surface area contributed by atoms with E-state index in [0.717, 1.165) is 73.4 Å². The lowest BCUT2D eigenvalue weighted by molar-refractivity contribution is 0.268. The van der Waals surface area contributed by atoms with Gasteiger partial charge in [-0.15, -0.1) is 10.2 Å². The van der Waals surface area contributed by atoms with Crippen molar-refractivity contribution in [2.24, 2.45) is 0 Å². The molecule has 1 fully saturated rings. The van der Waals surface area contributed by atoms with Gasteiger partial charge in [-0.2, -0.15) is 0 Å². The van der Waals surface area contributed by atoms with Crippen LogP contribution in [0.5, 0.6) is 0 Å². The third-order valence-corrected chi connectivity index (χ3v) is 6.64. The molecule has 2 aliphatic rings. The molecule has 3 heterocycles. The van der Waals surface area contributed by atoms with Gasteiger partial charge in [-0.25, -0.2) is 0 Å². The minimum Gasteiger partial charge on any atom is -0.361 e. The molecule has 152 valence electrons. The summed E-state index contributed by atoms with van der Waals surface area (Å²) in [5.74, 6) is 3.91. The number of aryl methyl sites for hydroxylation is 1. The van der Waals surface area contributed by atoms with Crippen molar-refractivity contribution < 1.29 is 4.52 Å². The van der Waals surface area contributed by atoms with Gasteiger partial charge in [-0.1, -0.05) is 23.7 Å². The summed E-state index contributed by atoms with van der Waals surface area (Å²) in [6.45, 7) is 6.80. The number of nitrogens with zero attached hydrogens (tertiary/aromatic N) is 5. The van der Waals surface area contributed by atoms with E-state index in [0.29, 0.717) is 11.8 Å². The first-order valence-electron chi connectivity index (χ1n) is 10.5. The van der Waals surface area contributed by atoms with Gasteiger partial charge in [-0.05, 0) is 62.9 Å². The molecule has 1 aliphatic carbocycles. The molecule has 0 spiro atoms. The Labute approximate surface area is 175 Å². The third-order valence-electron chi connectivity index (χ3n) is 6.40. The van der Waals surface area contributed by atoms with Gasteiger partial charge in [-0.3, -0.25) is 9.47 Å². The van der Waals surface area contributed by atoms with Crippen molar-refractivity contribution in [1.82, 2.24) is 24.8 Å². The van der Waals surface area contributed by atoms with Gasteiger partial charge >= 0.3 is 0 Å². The van der Waals surface area contributed by atoms with Crippen molar-refractivity contribution in [2.45, 2.75) is 64.5 Å². The fraction of sp³-hybridized carbons (Fsp3) is 0.500. The number of benzene rings is 1. The molecule has 1 saturated carbocycles. The lowest BCUT2D eigenvalue weighted by atomic mass is 9.80. The largest absolute Gasteiger partial charge is 0.361 e. The Balaban J connectivity index is 1.45. The predicted molar refractivity (Wildman–Crippen MR) is 111 cm³/mol. The third kappa shape index (κ3) is 3.49. The van der Waals surface area contributed by atoms with Gasteiger partial charge in [0.1, 0.15) is 11.6 Å². The quantitative estimate of drug-likeness (QED) is 0.607. The minimum absolute atomic E-state index is 0.414. The smallest absolute Gasteiger partial charge is 0.151 e. The highest BCUT2D eigenvalue weighted by molar-refractivity contribution is 6.30. The van der Waals surface area contributed by atoms with Crippen molar-refractivity contribution in [3.05, 3.63) is 58.0 Å². The molecule has 0 atom stereocenters. The number of hydrogen-bond donors (Lipinski definition) is 0. The first-order chi connectivity index (χ1) is 14.1. The molecule has 0 bridgehead atoms. The van der Waals surface area contributed by atoms with Crippen LogP contribution in [0.4, 0.5) is 0 Å². The Morgan fingerprint density at radius 1 is 1.07 bits per heavy atom. The van der Waals surface area contributed by atoms with Gasteiger partial charge < -0.3 is 4.52 Å². The van der Waals surface area contributed by atoms with Crippen LogP contribution in [0.2, 0.25) is 5.02 Å². The van der Waals surface area contributed by atoms with Crippen LogP contribution >= 0.6 is 11.6 Å². The van der Waals surface area contributed by atoms with E-state index < -0.39 is 0 Å². The van der Waals surface area contributed by atoms with Crippen molar-refractivity contribution in [3.8, 4) is 5.69 Å². The summed E-state index contributed by atoms with van der Waals surface area (Å²) < 4.78 is 7.58. The van der Waals surface area contributed by atoms with Crippen LogP contribution in [-0.2, 0) is 13.1 Å². The zero-order chi connectivity index (χ0) is 20.0. The molecular weight excluding hydrogens is 386 g/mol. The number of rotatable bonds is 3. The Kier molecular flexibility index (Phi) is 4.92. The highest BCUT2D eigenvalue weighted by Gasteiger charge is 2.31. The summed E-state index contributed by atoms with van der Waals surface area (Å²) in [6, 6.07) is 8.26. The number of halogens is 1. The Hall–Kier alpha value is -2.18. The second-order valence-corrected chi connectivity index (χ2v) is 8.73. The van der Waals surface area contributed by atoms with Crippen molar-refractivity contribution in [3.63, 3.8) is 0 Å². The van der Waals surface area contributed by atoms with E-state index in [4.69, 9.17) is 16.1 Å². The fourth-order valence-electron chi connectivity index (χ4n) is 4.80.